The fourth-order valence-corrected chi connectivity index (χ4v) is 4.08. The molecule has 0 amide bonds. The van der Waals surface area contributed by atoms with Gasteiger partial charge in [0.2, 0.25) is 0 Å². The summed E-state index contributed by atoms with van der Waals surface area (Å²) in [5.41, 5.74) is 9.31. The second kappa shape index (κ2) is 18.2. The number of nitrogens with zero attached hydrogens (tertiary/aromatic N) is 2. The number of aromatic nitrogens is 2. The first kappa shape index (κ1) is 38.9. The minimum Gasteiger partial charge on any atom is -0.399 e. The molecule has 0 aliphatic carbocycles. The van der Waals surface area contributed by atoms with Crippen molar-refractivity contribution in [3.05, 3.63) is 83.4 Å². The maximum atomic E-state index is 12.3. The molecule has 1 heterocycles. The number of nitrogen functional groups attached to an aromatic ring is 1. The third kappa shape index (κ3) is 16.5. The van der Waals surface area contributed by atoms with Crippen molar-refractivity contribution in [1.29, 1.82) is 0 Å². The van der Waals surface area contributed by atoms with Gasteiger partial charge in [0.05, 0.1) is 12.4 Å². The van der Waals surface area contributed by atoms with E-state index in [1.165, 1.54) is 23.3 Å². The van der Waals surface area contributed by atoms with E-state index in [4.69, 9.17) is 28.9 Å². The van der Waals surface area contributed by atoms with Gasteiger partial charge in [0.1, 0.15) is 18.1 Å². The second-order valence-corrected chi connectivity index (χ2v) is 12.1. The van der Waals surface area contributed by atoms with Crippen molar-refractivity contribution in [1.82, 2.24) is 3.97 Å². The lowest BCUT2D eigenvalue weighted by Crippen LogP contribution is -2.30. The lowest BCUT2D eigenvalue weighted by atomic mass is 10.0. The van der Waals surface area contributed by atoms with Crippen LogP contribution in [0.25, 0.3) is 0 Å². The van der Waals surface area contributed by atoms with Crippen LogP contribution in [0.5, 0.6) is 0 Å². The summed E-state index contributed by atoms with van der Waals surface area (Å²) >= 11 is 9.53. The molecule has 0 saturated heterocycles. The van der Waals surface area contributed by atoms with E-state index in [0.29, 0.717) is 27.2 Å². The van der Waals surface area contributed by atoms with Crippen LogP contribution in [-0.2, 0) is 33.4 Å². The van der Waals surface area contributed by atoms with E-state index in [0.717, 1.165) is 17.4 Å². The highest BCUT2D eigenvalue weighted by Crippen LogP contribution is 2.16. The van der Waals surface area contributed by atoms with Crippen LogP contribution in [0.3, 0.4) is 0 Å². The number of aryl methyl sites for hydroxylation is 1. The van der Waals surface area contributed by atoms with E-state index in [9.17, 15) is 24.6 Å². The Bertz CT molecular complexity index is 1310. The Labute approximate surface area is 243 Å². The van der Waals surface area contributed by atoms with Crippen LogP contribution in [0.4, 0.5) is 13.5 Å². The zero-order chi connectivity index (χ0) is 29.7. The molecule has 3 aromatic rings. The Kier molecular flexibility index (Phi) is 18.2. The number of alkyl halides is 2. The molecule has 0 bridgehead atoms. The molecule has 1 aromatic heterocycles. The lowest BCUT2D eigenvalue weighted by Gasteiger charge is -2.05. The summed E-state index contributed by atoms with van der Waals surface area (Å²) in [6.45, 7) is 9.94. The van der Waals surface area contributed by atoms with Crippen LogP contribution in [0.1, 0.15) is 69.5 Å². The third-order valence-electron chi connectivity index (χ3n) is 5.08. The highest BCUT2D eigenvalue weighted by Gasteiger charge is 2.22. The van der Waals surface area contributed by atoms with Crippen molar-refractivity contribution in [2.75, 3.05) is 11.1 Å². The van der Waals surface area contributed by atoms with Gasteiger partial charge in [0, 0.05) is 12.6 Å². The number of hydrogen-bond donors (Lipinski definition) is 1. The molecule has 0 aliphatic heterocycles. The quantitative estimate of drug-likeness (QED) is 0.145. The summed E-state index contributed by atoms with van der Waals surface area (Å²) in [7, 11) is -7.39. The van der Waals surface area contributed by atoms with E-state index in [1.807, 2.05) is 38.1 Å². The second-order valence-electron chi connectivity index (χ2n) is 8.70. The van der Waals surface area contributed by atoms with Crippen LogP contribution in [0.15, 0.2) is 60.9 Å². The molecule has 13 heteroatoms. The van der Waals surface area contributed by atoms with Gasteiger partial charge in [-0.05, 0) is 40.7 Å². The van der Waals surface area contributed by atoms with Crippen molar-refractivity contribution >= 4 is 49.5 Å². The minimum atomic E-state index is -4.62. The molecule has 0 spiro atoms. The third-order valence-corrected chi connectivity index (χ3v) is 6.61. The van der Waals surface area contributed by atoms with Crippen LogP contribution in [-0.4, -0.2) is 26.1 Å². The molecule has 3 rings (SSSR count). The SMILES string of the molecule is C.CC(C)c1ccc(CS(=O)(=O)F)cc1.CC(C)c1ccc(N)cc1.Cc1n(S(=O)(=O)F)cc[n+]1C.ClCCl. The van der Waals surface area contributed by atoms with Gasteiger partial charge < -0.3 is 5.73 Å². The molecule has 0 saturated carbocycles. The van der Waals surface area contributed by atoms with E-state index in [1.54, 1.807) is 19.2 Å². The van der Waals surface area contributed by atoms with Gasteiger partial charge in [-0.25, -0.2) is 4.57 Å². The molecule has 222 valence electrons. The summed E-state index contributed by atoms with van der Waals surface area (Å²) in [6, 6.07) is 15.0. The zero-order valence-electron chi connectivity index (χ0n) is 22.3. The Morgan fingerprint density at radius 1 is 0.872 bits per heavy atom. The van der Waals surface area contributed by atoms with Gasteiger partial charge in [-0.3, -0.25) is 0 Å². The fourth-order valence-electron chi connectivity index (χ4n) is 2.84. The molecule has 7 nitrogen and oxygen atoms in total. The first-order chi connectivity index (χ1) is 17.4. The number of nitrogens with two attached hydrogens (primary N) is 1. The van der Waals surface area contributed by atoms with Crippen molar-refractivity contribution in [3.8, 4) is 0 Å². The van der Waals surface area contributed by atoms with E-state index >= 15 is 0 Å². The van der Waals surface area contributed by atoms with Gasteiger partial charge in [0.15, 0.2) is 0 Å². The number of hydrogen-bond acceptors (Lipinski definition) is 5. The molecule has 0 radical (unpaired) electrons. The first-order valence-corrected chi connectivity index (χ1v) is 15.4. The van der Waals surface area contributed by atoms with Gasteiger partial charge in [-0.1, -0.05) is 79.4 Å². The Morgan fingerprint density at radius 3 is 1.51 bits per heavy atom. The molecule has 39 heavy (non-hydrogen) atoms. The maximum Gasteiger partial charge on any atom is 0.480 e. The van der Waals surface area contributed by atoms with Gasteiger partial charge in [-0.2, -0.15) is 16.8 Å². The highest BCUT2D eigenvalue weighted by atomic mass is 35.5. The average molecular weight is 632 g/mol. The molecule has 2 N–H and O–H groups in total. The van der Waals surface area contributed by atoms with Crippen molar-refractivity contribution in [3.63, 3.8) is 0 Å². The van der Waals surface area contributed by atoms with Gasteiger partial charge in [-0.15, -0.1) is 27.1 Å². The lowest BCUT2D eigenvalue weighted by molar-refractivity contribution is -0.676. The number of halogens is 4. The van der Waals surface area contributed by atoms with Crippen LogP contribution >= 0.6 is 23.2 Å². The summed E-state index contributed by atoms with van der Waals surface area (Å²) in [6.07, 6.45) is 2.62. The number of rotatable bonds is 5. The first-order valence-electron chi connectivity index (χ1n) is 11.4. The smallest absolute Gasteiger partial charge is 0.399 e. The molecule has 0 aliphatic rings. The molecular weight excluding hydrogens is 591 g/mol. The van der Waals surface area contributed by atoms with Crippen molar-refractivity contribution in [2.45, 2.75) is 59.6 Å². The van der Waals surface area contributed by atoms with Gasteiger partial charge >= 0.3 is 20.6 Å². The largest absolute Gasteiger partial charge is 0.480 e. The number of benzene rings is 2. The van der Waals surface area contributed by atoms with Crippen molar-refractivity contribution in [2.24, 2.45) is 7.05 Å². The topological polar surface area (TPSA) is 103 Å². The molecule has 0 unspecified atom stereocenters. The summed E-state index contributed by atoms with van der Waals surface area (Å²) in [4.78, 5) is 0. The Hall–Kier alpha value is -2.21. The van der Waals surface area contributed by atoms with Crippen LogP contribution < -0.4 is 10.3 Å². The minimum absolute atomic E-state index is 0. The summed E-state index contributed by atoms with van der Waals surface area (Å²) in [5.74, 6) is 0.782. The Balaban J connectivity index is 0. The Morgan fingerprint density at radius 2 is 1.26 bits per heavy atom. The standard InChI is InChI=1S/C10H13FO2S.C9H13N.C5H8FN2O2S.CH2Cl2.CH4/c1-8(2)10-5-3-9(4-6-10)7-14(11,12)13;1-7(2)8-3-5-9(10)6-4-8;1-5-7(2)3-4-8(5)11(6,9)10;2-1-3;/h3-6,8H,7H2,1-2H3;3-7H,10H2,1-2H3;3-4H,1-2H3;1H2;1H4/q;;+1;;. The highest BCUT2D eigenvalue weighted by molar-refractivity contribution is 7.85. The monoisotopic (exact) mass is 630 g/mol. The van der Waals surface area contributed by atoms with Crippen molar-refractivity contribution < 1.29 is 29.2 Å². The molecule has 0 fully saturated rings. The van der Waals surface area contributed by atoms with Crippen LogP contribution in [0, 0.1) is 6.92 Å². The van der Waals surface area contributed by atoms with E-state index < -0.39 is 26.4 Å². The average Bonchev–Trinajstić information content (AvgIpc) is 3.13. The number of imidazole rings is 1. The summed E-state index contributed by atoms with van der Waals surface area (Å²) < 4.78 is 68.1. The molecule has 0 atom stereocenters. The van der Waals surface area contributed by atoms with Gasteiger partial charge in [0.25, 0.3) is 5.82 Å². The predicted molar refractivity (Wildman–Crippen MR) is 158 cm³/mol. The zero-order valence-corrected chi connectivity index (χ0v) is 25.4. The van der Waals surface area contributed by atoms with E-state index in [2.05, 4.69) is 26.0 Å². The predicted octanol–water partition coefficient (Wildman–Crippen LogP) is 6.74. The summed E-state index contributed by atoms with van der Waals surface area (Å²) in [5, 5.41) is 0.194. The number of anilines is 1. The van der Waals surface area contributed by atoms with Crippen LogP contribution in [0.2, 0.25) is 0 Å². The molecular formula is C26H40Cl2F2N3O4S2+. The normalized spacial score (nSPS) is 10.8. The molecule has 2 aromatic carbocycles. The van der Waals surface area contributed by atoms with E-state index in [-0.39, 0.29) is 12.8 Å². The maximum absolute atomic E-state index is 12.3. The fraction of sp³-hybridized carbons (Fsp3) is 0.423.